The number of aromatic nitrogens is 6. The number of fused-ring (bicyclic) bond motifs is 1. The summed E-state index contributed by atoms with van der Waals surface area (Å²) in [4.78, 5) is 23.9. The van der Waals surface area contributed by atoms with E-state index >= 15 is 0 Å². The van der Waals surface area contributed by atoms with Crippen molar-refractivity contribution in [3.8, 4) is 0 Å². The van der Waals surface area contributed by atoms with Gasteiger partial charge in [0.25, 0.3) is 0 Å². The second-order valence-electron chi connectivity index (χ2n) is 3.95. The van der Waals surface area contributed by atoms with Gasteiger partial charge in [-0.3, -0.25) is 9.97 Å². The first-order chi connectivity index (χ1) is 8.72. The molecule has 90 valence electrons. The standard InChI is InChI=1S/C11H11N7/c1-6-3-14-7(4-13-6)2-8-17-10(12)9-11(18-8)16-5-15-9/h3-5H,2H2,1H3,(H3,12,15,16,17,18). The number of nitrogens with two attached hydrogens (primary N) is 1. The van der Waals surface area contributed by atoms with E-state index in [4.69, 9.17) is 5.73 Å². The summed E-state index contributed by atoms with van der Waals surface area (Å²) in [6.07, 6.45) is 5.47. The molecule has 0 aliphatic carbocycles. The molecule has 0 bridgehead atoms. The molecule has 3 rings (SSSR count). The predicted octanol–water partition coefficient (Wildman–Crippen LogP) is 0.624. The summed E-state index contributed by atoms with van der Waals surface area (Å²) in [6, 6.07) is 0. The van der Waals surface area contributed by atoms with Gasteiger partial charge < -0.3 is 10.7 Å². The van der Waals surface area contributed by atoms with Gasteiger partial charge >= 0.3 is 0 Å². The summed E-state index contributed by atoms with van der Waals surface area (Å²) in [7, 11) is 0. The maximum absolute atomic E-state index is 5.81. The summed E-state index contributed by atoms with van der Waals surface area (Å²) in [6.45, 7) is 1.89. The number of hydrogen-bond acceptors (Lipinski definition) is 6. The molecule has 0 aromatic carbocycles. The largest absolute Gasteiger partial charge is 0.382 e. The van der Waals surface area contributed by atoms with Crippen LogP contribution in [0.2, 0.25) is 0 Å². The van der Waals surface area contributed by atoms with Gasteiger partial charge in [-0.2, -0.15) is 0 Å². The molecule has 0 saturated heterocycles. The Hall–Kier alpha value is -2.57. The molecule has 0 aliphatic rings. The molecule has 3 aromatic rings. The van der Waals surface area contributed by atoms with Crippen LogP contribution >= 0.6 is 0 Å². The van der Waals surface area contributed by atoms with Crippen molar-refractivity contribution >= 4 is 17.0 Å². The van der Waals surface area contributed by atoms with Gasteiger partial charge in [-0.15, -0.1) is 0 Å². The van der Waals surface area contributed by atoms with E-state index in [2.05, 4.69) is 29.9 Å². The first-order valence-corrected chi connectivity index (χ1v) is 5.45. The van der Waals surface area contributed by atoms with Crippen LogP contribution in [0.3, 0.4) is 0 Å². The van der Waals surface area contributed by atoms with E-state index in [1.54, 1.807) is 18.7 Å². The summed E-state index contributed by atoms with van der Waals surface area (Å²) >= 11 is 0. The summed E-state index contributed by atoms with van der Waals surface area (Å²) in [5.74, 6) is 0.971. The molecule has 18 heavy (non-hydrogen) atoms. The fraction of sp³-hybridized carbons (Fsp3) is 0.182. The third kappa shape index (κ3) is 1.86. The van der Waals surface area contributed by atoms with Crippen molar-refractivity contribution in [2.75, 3.05) is 5.73 Å². The molecule has 0 unspecified atom stereocenters. The van der Waals surface area contributed by atoms with Crippen molar-refractivity contribution in [2.24, 2.45) is 0 Å². The van der Waals surface area contributed by atoms with Crippen LogP contribution in [-0.2, 0) is 6.42 Å². The number of nitrogens with one attached hydrogen (secondary N) is 1. The number of aromatic amines is 1. The van der Waals surface area contributed by atoms with Crippen LogP contribution < -0.4 is 5.73 Å². The molecular formula is C11H11N7. The topological polar surface area (TPSA) is 106 Å². The fourth-order valence-electron chi connectivity index (χ4n) is 1.66. The zero-order valence-electron chi connectivity index (χ0n) is 9.75. The molecule has 3 N–H and O–H groups in total. The van der Waals surface area contributed by atoms with E-state index in [0.717, 1.165) is 11.4 Å². The molecule has 0 atom stereocenters. The van der Waals surface area contributed by atoms with Gasteiger partial charge in [0.2, 0.25) is 0 Å². The first kappa shape index (κ1) is 10.6. The maximum Gasteiger partial charge on any atom is 0.163 e. The summed E-state index contributed by atoms with van der Waals surface area (Å²) in [5, 5.41) is 0. The highest BCUT2D eigenvalue weighted by atomic mass is 15.0. The van der Waals surface area contributed by atoms with Crippen LogP contribution in [-0.4, -0.2) is 29.9 Å². The number of nitrogens with zero attached hydrogens (tertiary/aromatic N) is 5. The second kappa shape index (κ2) is 4.02. The molecule has 3 aromatic heterocycles. The Bertz CT molecular complexity index is 686. The number of hydrogen-bond donors (Lipinski definition) is 2. The van der Waals surface area contributed by atoms with Gasteiger partial charge in [0.15, 0.2) is 11.5 Å². The monoisotopic (exact) mass is 241 g/mol. The molecule has 3 heterocycles. The van der Waals surface area contributed by atoms with Crippen LogP contribution in [0, 0.1) is 6.92 Å². The van der Waals surface area contributed by atoms with Crippen molar-refractivity contribution in [1.82, 2.24) is 29.9 Å². The van der Waals surface area contributed by atoms with E-state index in [-0.39, 0.29) is 0 Å². The molecule has 0 fully saturated rings. The highest BCUT2D eigenvalue weighted by Gasteiger charge is 2.08. The summed E-state index contributed by atoms with van der Waals surface area (Å²) < 4.78 is 0. The number of aryl methyl sites for hydroxylation is 1. The average molecular weight is 241 g/mol. The Balaban J connectivity index is 1.97. The Kier molecular flexibility index (Phi) is 2.36. The van der Waals surface area contributed by atoms with Crippen LogP contribution in [0.5, 0.6) is 0 Å². The van der Waals surface area contributed by atoms with Crippen molar-refractivity contribution in [3.05, 3.63) is 35.9 Å². The van der Waals surface area contributed by atoms with E-state index < -0.39 is 0 Å². The minimum Gasteiger partial charge on any atom is -0.382 e. The van der Waals surface area contributed by atoms with Crippen molar-refractivity contribution in [1.29, 1.82) is 0 Å². The van der Waals surface area contributed by atoms with Crippen LogP contribution in [0.4, 0.5) is 5.82 Å². The number of H-pyrrole nitrogens is 1. The lowest BCUT2D eigenvalue weighted by Crippen LogP contribution is -2.03. The van der Waals surface area contributed by atoms with Gasteiger partial charge in [-0.25, -0.2) is 15.0 Å². The third-order valence-electron chi connectivity index (χ3n) is 2.53. The second-order valence-corrected chi connectivity index (χ2v) is 3.95. The van der Waals surface area contributed by atoms with E-state index in [1.165, 1.54) is 0 Å². The number of anilines is 1. The normalized spacial score (nSPS) is 10.9. The Labute approximate surface area is 103 Å². The first-order valence-electron chi connectivity index (χ1n) is 5.45. The zero-order valence-corrected chi connectivity index (χ0v) is 9.75. The predicted molar refractivity (Wildman–Crippen MR) is 65.7 cm³/mol. The van der Waals surface area contributed by atoms with Gasteiger partial charge in [0.05, 0.1) is 24.1 Å². The van der Waals surface area contributed by atoms with Gasteiger partial charge in [-0.1, -0.05) is 0 Å². The van der Waals surface area contributed by atoms with Crippen molar-refractivity contribution in [3.63, 3.8) is 0 Å². The van der Waals surface area contributed by atoms with Crippen molar-refractivity contribution < 1.29 is 0 Å². The van der Waals surface area contributed by atoms with Gasteiger partial charge in [0.1, 0.15) is 11.3 Å². The molecule has 7 nitrogen and oxygen atoms in total. The Morgan fingerprint density at radius 1 is 1.17 bits per heavy atom. The highest BCUT2D eigenvalue weighted by molar-refractivity contribution is 5.80. The zero-order chi connectivity index (χ0) is 12.5. The summed E-state index contributed by atoms with van der Waals surface area (Å²) in [5.41, 5.74) is 8.72. The maximum atomic E-state index is 5.81. The smallest absolute Gasteiger partial charge is 0.163 e. The minimum atomic E-state index is 0.372. The van der Waals surface area contributed by atoms with Crippen LogP contribution in [0.15, 0.2) is 18.7 Å². The minimum absolute atomic E-state index is 0.372. The van der Waals surface area contributed by atoms with Crippen LogP contribution in [0.1, 0.15) is 17.2 Å². The van der Waals surface area contributed by atoms with E-state index in [1.807, 2.05) is 6.92 Å². The van der Waals surface area contributed by atoms with Crippen molar-refractivity contribution in [2.45, 2.75) is 13.3 Å². The molecule has 7 heteroatoms. The van der Waals surface area contributed by atoms with Gasteiger partial charge in [-0.05, 0) is 6.92 Å². The van der Waals surface area contributed by atoms with Gasteiger partial charge in [0, 0.05) is 12.4 Å². The van der Waals surface area contributed by atoms with E-state index in [0.29, 0.717) is 29.2 Å². The SMILES string of the molecule is Cc1cnc(Cc2nc(N)c3nc[nH]c3n2)cn1. The molecule has 0 amide bonds. The third-order valence-corrected chi connectivity index (χ3v) is 2.53. The fourth-order valence-corrected chi connectivity index (χ4v) is 1.66. The average Bonchev–Trinajstić information content (AvgIpc) is 2.81. The lowest BCUT2D eigenvalue weighted by Gasteiger charge is -2.01. The number of imidazole rings is 1. The van der Waals surface area contributed by atoms with E-state index in [9.17, 15) is 0 Å². The molecule has 0 radical (unpaired) electrons. The molecule has 0 spiro atoms. The number of rotatable bonds is 2. The molecular weight excluding hydrogens is 230 g/mol. The molecule has 0 saturated carbocycles. The number of nitrogen functional groups attached to an aromatic ring is 1. The molecule has 0 aliphatic heterocycles. The Morgan fingerprint density at radius 3 is 2.83 bits per heavy atom. The lowest BCUT2D eigenvalue weighted by atomic mass is 10.3. The lowest BCUT2D eigenvalue weighted by molar-refractivity contribution is 0.928. The quantitative estimate of drug-likeness (QED) is 0.681. The Morgan fingerprint density at radius 2 is 2.06 bits per heavy atom. The van der Waals surface area contributed by atoms with Crippen LogP contribution in [0.25, 0.3) is 11.2 Å². The highest BCUT2D eigenvalue weighted by Crippen LogP contribution is 2.14.